The molecule has 2 aromatic rings. The zero-order valence-corrected chi connectivity index (χ0v) is 17.0. The van der Waals surface area contributed by atoms with Gasteiger partial charge in [0.15, 0.2) is 0 Å². The fourth-order valence-electron chi connectivity index (χ4n) is 2.66. The van der Waals surface area contributed by atoms with Crippen molar-refractivity contribution in [2.45, 2.75) is 59.9 Å². The van der Waals surface area contributed by atoms with Crippen LogP contribution in [0.25, 0.3) is 0 Å². The zero-order valence-electron chi connectivity index (χ0n) is 16.1. The molecule has 1 aromatic heterocycles. The molecule has 0 saturated carbocycles. The monoisotopic (exact) mass is 346 g/mol. The van der Waals surface area contributed by atoms with Gasteiger partial charge in [-0.1, -0.05) is 65.8 Å². The van der Waals surface area contributed by atoms with E-state index in [1.54, 1.807) is 0 Å². The summed E-state index contributed by atoms with van der Waals surface area (Å²) in [5, 5.41) is 9.30. The van der Waals surface area contributed by atoms with E-state index in [2.05, 4.69) is 74.0 Å². The van der Waals surface area contributed by atoms with Gasteiger partial charge in [0, 0.05) is 30.2 Å². The standard InChI is InChI=1S/C19H28N2S.C2H6/c1-14(2)17-8-5-9-18(15(3)4)19(17)21-11-10-20-13-16-7-6-12-22-16;1-2/h5-9,12,14-15,20-21H,10-11,13H2,1-4H3;1-2H3. The van der Waals surface area contributed by atoms with Crippen molar-refractivity contribution in [3.8, 4) is 0 Å². The number of hydrogen-bond donors (Lipinski definition) is 2. The molecule has 0 aliphatic rings. The first-order chi connectivity index (χ1) is 11.6. The van der Waals surface area contributed by atoms with Crippen LogP contribution in [-0.2, 0) is 6.54 Å². The lowest BCUT2D eigenvalue weighted by atomic mass is 9.92. The third-order valence-corrected chi connectivity index (χ3v) is 4.73. The van der Waals surface area contributed by atoms with Gasteiger partial charge in [0.05, 0.1) is 0 Å². The minimum absolute atomic E-state index is 0.542. The molecule has 2 N–H and O–H groups in total. The molecule has 1 heterocycles. The molecule has 0 spiro atoms. The third kappa shape index (κ3) is 6.29. The second kappa shape index (κ2) is 11.3. The number of benzene rings is 1. The van der Waals surface area contributed by atoms with Crippen LogP contribution in [0.1, 0.15) is 69.4 Å². The van der Waals surface area contributed by atoms with Crippen molar-refractivity contribution in [2.75, 3.05) is 18.4 Å². The maximum absolute atomic E-state index is 3.67. The van der Waals surface area contributed by atoms with Crippen LogP contribution >= 0.6 is 11.3 Å². The van der Waals surface area contributed by atoms with Gasteiger partial charge in [0.2, 0.25) is 0 Å². The van der Waals surface area contributed by atoms with Crippen molar-refractivity contribution in [2.24, 2.45) is 0 Å². The Morgan fingerprint density at radius 1 is 0.875 bits per heavy atom. The molecule has 0 amide bonds. The van der Waals surface area contributed by atoms with Crippen LogP contribution in [0.5, 0.6) is 0 Å². The first-order valence-corrected chi connectivity index (χ1v) is 10.1. The Morgan fingerprint density at radius 3 is 2.00 bits per heavy atom. The van der Waals surface area contributed by atoms with E-state index in [9.17, 15) is 0 Å². The first-order valence-electron chi connectivity index (χ1n) is 9.19. The lowest BCUT2D eigenvalue weighted by Gasteiger charge is -2.21. The summed E-state index contributed by atoms with van der Waals surface area (Å²) in [5.41, 5.74) is 4.18. The maximum Gasteiger partial charge on any atom is 0.0410 e. The van der Waals surface area contributed by atoms with E-state index < -0.39 is 0 Å². The Balaban J connectivity index is 0.00000139. The summed E-state index contributed by atoms with van der Waals surface area (Å²) in [6.45, 7) is 15.9. The Bertz CT molecular complexity index is 533. The van der Waals surface area contributed by atoms with E-state index in [-0.39, 0.29) is 0 Å². The van der Waals surface area contributed by atoms with Gasteiger partial charge in [-0.15, -0.1) is 11.3 Å². The van der Waals surface area contributed by atoms with Gasteiger partial charge in [-0.25, -0.2) is 0 Å². The number of nitrogens with one attached hydrogen (secondary N) is 2. The average molecular weight is 347 g/mol. The van der Waals surface area contributed by atoms with Gasteiger partial charge in [-0.3, -0.25) is 0 Å². The van der Waals surface area contributed by atoms with Gasteiger partial charge in [0.25, 0.3) is 0 Å². The fraction of sp³-hybridized carbons (Fsp3) is 0.524. The molecule has 0 unspecified atom stereocenters. The Labute approximate surface area is 152 Å². The van der Waals surface area contributed by atoms with Gasteiger partial charge in [-0.05, 0) is 34.4 Å². The minimum Gasteiger partial charge on any atom is -0.383 e. The molecule has 0 atom stereocenters. The predicted molar refractivity (Wildman–Crippen MR) is 110 cm³/mol. The Hall–Kier alpha value is -1.32. The summed E-state index contributed by atoms with van der Waals surface area (Å²) in [5.74, 6) is 1.08. The average Bonchev–Trinajstić information content (AvgIpc) is 3.09. The number of para-hydroxylation sites is 1. The normalized spacial score (nSPS) is 10.7. The summed E-state index contributed by atoms with van der Waals surface area (Å²) in [6, 6.07) is 11.0. The summed E-state index contributed by atoms with van der Waals surface area (Å²) in [6.07, 6.45) is 0. The summed E-state index contributed by atoms with van der Waals surface area (Å²) < 4.78 is 0. The number of hydrogen-bond acceptors (Lipinski definition) is 3. The van der Waals surface area contributed by atoms with Crippen LogP contribution in [0, 0.1) is 0 Å². The SMILES string of the molecule is CC.CC(C)c1cccc(C(C)C)c1NCCNCc1cccs1. The molecule has 3 heteroatoms. The molecular formula is C21H34N2S. The smallest absolute Gasteiger partial charge is 0.0410 e. The van der Waals surface area contributed by atoms with Crippen LogP contribution in [0.15, 0.2) is 35.7 Å². The molecule has 0 aliphatic heterocycles. The second-order valence-electron chi connectivity index (χ2n) is 6.30. The van der Waals surface area contributed by atoms with E-state index in [0.29, 0.717) is 11.8 Å². The molecule has 0 fully saturated rings. The summed E-state index contributed by atoms with van der Waals surface area (Å²) in [4.78, 5) is 1.39. The van der Waals surface area contributed by atoms with E-state index >= 15 is 0 Å². The van der Waals surface area contributed by atoms with E-state index in [1.165, 1.54) is 21.7 Å². The summed E-state index contributed by atoms with van der Waals surface area (Å²) >= 11 is 1.81. The molecule has 2 nitrogen and oxygen atoms in total. The number of thiophene rings is 1. The number of anilines is 1. The van der Waals surface area contributed by atoms with Crippen LogP contribution in [0.3, 0.4) is 0 Å². The Kier molecular flexibility index (Phi) is 9.73. The highest BCUT2D eigenvalue weighted by molar-refractivity contribution is 7.09. The van der Waals surface area contributed by atoms with E-state index in [0.717, 1.165) is 19.6 Å². The fourth-order valence-corrected chi connectivity index (χ4v) is 3.33. The second-order valence-corrected chi connectivity index (χ2v) is 7.34. The van der Waals surface area contributed by atoms with Crippen molar-refractivity contribution in [1.82, 2.24) is 5.32 Å². The molecule has 0 saturated heterocycles. The van der Waals surface area contributed by atoms with Crippen molar-refractivity contribution in [1.29, 1.82) is 0 Å². The Morgan fingerprint density at radius 2 is 1.50 bits per heavy atom. The molecule has 2 rings (SSSR count). The van der Waals surface area contributed by atoms with Crippen LogP contribution in [0.2, 0.25) is 0 Å². The molecular weight excluding hydrogens is 312 g/mol. The topological polar surface area (TPSA) is 24.1 Å². The highest BCUT2D eigenvalue weighted by Gasteiger charge is 2.12. The van der Waals surface area contributed by atoms with Gasteiger partial charge < -0.3 is 10.6 Å². The van der Waals surface area contributed by atoms with Crippen molar-refractivity contribution < 1.29 is 0 Å². The first kappa shape index (κ1) is 20.7. The number of rotatable bonds is 8. The highest BCUT2D eigenvalue weighted by atomic mass is 32.1. The van der Waals surface area contributed by atoms with Gasteiger partial charge in [-0.2, -0.15) is 0 Å². The largest absolute Gasteiger partial charge is 0.383 e. The quantitative estimate of drug-likeness (QED) is 0.554. The molecule has 0 aliphatic carbocycles. The van der Waals surface area contributed by atoms with Crippen molar-refractivity contribution in [3.05, 3.63) is 51.7 Å². The van der Waals surface area contributed by atoms with Gasteiger partial charge >= 0.3 is 0 Å². The van der Waals surface area contributed by atoms with E-state index in [1.807, 2.05) is 25.2 Å². The van der Waals surface area contributed by atoms with Crippen molar-refractivity contribution in [3.63, 3.8) is 0 Å². The molecule has 134 valence electrons. The summed E-state index contributed by atoms with van der Waals surface area (Å²) in [7, 11) is 0. The minimum atomic E-state index is 0.542. The lowest BCUT2D eigenvalue weighted by molar-refractivity contribution is 0.712. The van der Waals surface area contributed by atoms with Gasteiger partial charge in [0.1, 0.15) is 0 Å². The molecule has 0 radical (unpaired) electrons. The van der Waals surface area contributed by atoms with Crippen LogP contribution in [-0.4, -0.2) is 13.1 Å². The predicted octanol–water partition coefficient (Wildman–Crippen LogP) is 6.22. The molecule has 0 bridgehead atoms. The lowest BCUT2D eigenvalue weighted by Crippen LogP contribution is -2.22. The zero-order chi connectivity index (χ0) is 17.9. The molecule has 24 heavy (non-hydrogen) atoms. The maximum atomic E-state index is 3.67. The molecule has 1 aromatic carbocycles. The van der Waals surface area contributed by atoms with Crippen LogP contribution < -0.4 is 10.6 Å². The highest BCUT2D eigenvalue weighted by Crippen LogP contribution is 2.32. The van der Waals surface area contributed by atoms with Crippen molar-refractivity contribution >= 4 is 17.0 Å². The van der Waals surface area contributed by atoms with E-state index in [4.69, 9.17) is 0 Å². The third-order valence-electron chi connectivity index (χ3n) is 3.86. The van der Waals surface area contributed by atoms with Crippen LogP contribution in [0.4, 0.5) is 5.69 Å².